The first-order chi connectivity index (χ1) is 9.95. The number of benzene rings is 2. The molecule has 0 heterocycles. The van der Waals surface area contributed by atoms with Gasteiger partial charge in [0.05, 0.1) is 0 Å². The zero-order chi connectivity index (χ0) is 15.4. The Morgan fingerprint density at radius 2 is 2.05 bits per heavy atom. The molecule has 0 amide bonds. The van der Waals surface area contributed by atoms with Crippen molar-refractivity contribution in [3.05, 3.63) is 64.4 Å². The number of carboxylic acid groups (broad SMARTS) is 1. The first-order valence-corrected chi connectivity index (χ1v) is 6.48. The third kappa shape index (κ3) is 4.07. The maximum absolute atomic E-state index is 13.5. The average Bonchev–Trinajstić information content (AvgIpc) is 2.43. The summed E-state index contributed by atoms with van der Waals surface area (Å²) in [7, 11) is 0. The van der Waals surface area contributed by atoms with Gasteiger partial charge in [0.2, 0.25) is 0 Å². The van der Waals surface area contributed by atoms with Crippen molar-refractivity contribution in [2.75, 3.05) is 0 Å². The Labute approximate surface area is 126 Å². The van der Waals surface area contributed by atoms with Crippen LogP contribution in [0, 0.1) is 12.7 Å². The predicted molar refractivity (Wildman–Crippen MR) is 79.3 cm³/mol. The average molecular weight is 307 g/mol. The van der Waals surface area contributed by atoms with E-state index in [0.717, 1.165) is 6.08 Å². The number of hydrogen-bond donors (Lipinski definition) is 1. The van der Waals surface area contributed by atoms with Crippen LogP contribution in [0.2, 0.25) is 5.02 Å². The van der Waals surface area contributed by atoms with Crippen molar-refractivity contribution in [1.29, 1.82) is 0 Å². The van der Waals surface area contributed by atoms with Gasteiger partial charge in [-0.05, 0) is 42.8 Å². The fourth-order valence-corrected chi connectivity index (χ4v) is 1.85. The maximum Gasteiger partial charge on any atom is 0.328 e. The van der Waals surface area contributed by atoms with Gasteiger partial charge in [0.15, 0.2) is 0 Å². The molecule has 5 heteroatoms. The lowest BCUT2D eigenvalue weighted by Gasteiger charge is -2.10. The van der Waals surface area contributed by atoms with Crippen LogP contribution >= 0.6 is 11.6 Å². The summed E-state index contributed by atoms with van der Waals surface area (Å²) in [6.07, 6.45) is 2.35. The third-order valence-corrected chi connectivity index (χ3v) is 2.98. The molecule has 2 rings (SSSR count). The molecular weight excluding hydrogens is 295 g/mol. The van der Waals surface area contributed by atoms with E-state index in [1.165, 1.54) is 12.1 Å². The second-order valence-electron chi connectivity index (χ2n) is 4.37. The van der Waals surface area contributed by atoms with Crippen molar-refractivity contribution in [1.82, 2.24) is 0 Å². The number of hydrogen-bond acceptors (Lipinski definition) is 2. The third-order valence-electron chi connectivity index (χ3n) is 2.75. The van der Waals surface area contributed by atoms with Crippen LogP contribution in [0.25, 0.3) is 6.08 Å². The molecule has 108 valence electrons. The predicted octanol–water partition coefficient (Wildman–Crippen LogP) is 4.68. The van der Waals surface area contributed by atoms with E-state index in [0.29, 0.717) is 27.6 Å². The van der Waals surface area contributed by atoms with Crippen LogP contribution < -0.4 is 4.74 Å². The largest absolute Gasteiger partial charge is 0.478 e. The van der Waals surface area contributed by atoms with Gasteiger partial charge in [0.1, 0.15) is 17.3 Å². The van der Waals surface area contributed by atoms with E-state index >= 15 is 0 Å². The SMILES string of the molecule is Cc1ccc(Oc2ccc(Cl)cc2/C=C/C(=O)O)cc1F. The molecule has 0 saturated carbocycles. The topological polar surface area (TPSA) is 46.5 Å². The van der Waals surface area contributed by atoms with E-state index in [9.17, 15) is 9.18 Å². The molecule has 0 spiro atoms. The fourth-order valence-electron chi connectivity index (χ4n) is 1.67. The molecule has 0 aliphatic heterocycles. The Morgan fingerprint density at radius 3 is 2.71 bits per heavy atom. The molecule has 0 fully saturated rings. The number of halogens is 2. The molecule has 1 N–H and O–H groups in total. The van der Waals surface area contributed by atoms with E-state index in [1.807, 2.05) is 0 Å². The molecule has 3 nitrogen and oxygen atoms in total. The zero-order valence-electron chi connectivity index (χ0n) is 11.1. The normalized spacial score (nSPS) is 10.8. The molecular formula is C16H12ClFO3. The van der Waals surface area contributed by atoms with E-state index in [2.05, 4.69) is 0 Å². The van der Waals surface area contributed by atoms with Crippen LogP contribution in [0.3, 0.4) is 0 Å². The molecule has 2 aromatic rings. The first kappa shape index (κ1) is 15.1. The summed E-state index contributed by atoms with van der Waals surface area (Å²) in [6.45, 7) is 1.66. The van der Waals surface area contributed by atoms with Crippen molar-refractivity contribution >= 4 is 23.6 Å². The summed E-state index contributed by atoms with van der Waals surface area (Å²) >= 11 is 5.88. The van der Waals surface area contributed by atoms with Gasteiger partial charge in [0.25, 0.3) is 0 Å². The molecule has 0 aliphatic rings. The molecule has 0 aromatic heterocycles. The van der Waals surface area contributed by atoms with E-state index in [1.54, 1.807) is 37.3 Å². The maximum atomic E-state index is 13.5. The minimum absolute atomic E-state index is 0.324. The van der Waals surface area contributed by atoms with Crippen LogP contribution in [0.15, 0.2) is 42.5 Å². The van der Waals surface area contributed by atoms with Crippen LogP contribution in [0.1, 0.15) is 11.1 Å². The molecule has 0 atom stereocenters. The van der Waals surface area contributed by atoms with Gasteiger partial charge in [-0.2, -0.15) is 0 Å². The lowest BCUT2D eigenvalue weighted by Crippen LogP contribution is -1.91. The Hall–Kier alpha value is -2.33. The highest BCUT2D eigenvalue weighted by Crippen LogP contribution is 2.29. The van der Waals surface area contributed by atoms with Crippen LogP contribution in [0.4, 0.5) is 4.39 Å². The van der Waals surface area contributed by atoms with Crippen LogP contribution in [-0.4, -0.2) is 11.1 Å². The van der Waals surface area contributed by atoms with Crippen LogP contribution in [0.5, 0.6) is 11.5 Å². The lowest BCUT2D eigenvalue weighted by molar-refractivity contribution is -0.131. The summed E-state index contributed by atoms with van der Waals surface area (Å²) in [5, 5.41) is 9.13. The minimum Gasteiger partial charge on any atom is -0.478 e. The fraction of sp³-hybridized carbons (Fsp3) is 0.0625. The van der Waals surface area contributed by atoms with Gasteiger partial charge in [-0.15, -0.1) is 0 Å². The summed E-state index contributed by atoms with van der Waals surface area (Å²) in [4.78, 5) is 10.6. The summed E-state index contributed by atoms with van der Waals surface area (Å²) in [6, 6.07) is 9.29. The van der Waals surface area contributed by atoms with Crippen molar-refractivity contribution in [2.24, 2.45) is 0 Å². The Morgan fingerprint density at radius 1 is 1.29 bits per heavy atom. The summed E-state index contributed by atoms with van der Waals surface area (Å²) in [5.41, 5.74) is 1.01. The van der Waals surface area contributed by atoms with Crippen molar-refractivity contribution in [3.8, 4) is 11.5 Å². The van der Waals surface area contributed by atoms with Crippen LogP contribution in [-0.2, 0) is 4.79 Å². The standard InChI is InChI=1S/C16H12ClFO3/c1-10-2-5-13(9-14(10)18)21-15-6-4-12(17)8-11(15)3-7-16(19)20/h2-9H,1H3,(H,19,20)/b7-3+. The Bertz CT molecular complexity index is 711. The first-order valence-electron chi connectivity index (χ1n) is 6.10. The van der Waals surface area contributed by atoms with Gasteiger partial charge < -0.3 is 9.84 Å². The summed E-state index contributed by atoms with van der Waals surface area (Å²) < 4.78 is 19.1. The van der Waals surface area contributed by atoms with E-state index in [4.69, 9.17) is 21.4 Å². The number of carbonyl (C=O) groups is 1. The number of carboxylic acids is 1. The Kier molecular flexibility index (Phi) is 4.60. The zero-order valence-corrected chi connectivity index (χ0v) is 11.9. The van der Waals surface area contributed by atoms with Gasteiger partial charge in [-0.1, -0.05) is 17.7 Å². The highest BCUT2D eigenvalue weighted by atomic mass is 35.5. The van der Waals surface area contributed by atoms with Crippen molar-refractivity contribution in [3.63, 3.8) is 0 Å². The minimum atomic E-state index is -1.08. The number of aryl methyl sites for hydroxylation is 1. The monoisotopic (exact) mass is 306 g/mol. The number of rotatable bonds is 4. The van der Waals surface area contributed by atoms with Gasteiger partial charge in [0, 0.05) is 22.7 Å². The smallest absolute Gasteiger partial charge is 0.328 e. The molecule has 0 aliphatic carbocycles. The second kappa shape index (κ2) is 6.41. The summed E-state index contributed by atoms with van der Waals surface area (Å²) in [5.74, 6) is -0.739. The van der Waals surface area contributed by atoms with Gasteiger partial charge in [-0.25, -0.2) is 9.18 Å². The molecule has 0 radical (unpaired) electrons. The number of aliphatic carboxylic acids is 1. The molecule has 21 heavy (non-hydrogen) atoms. The molecule has 0 unspecified atom stereocenters. The van der Waals surface area contributed by atoms with Gasteiger partial charge in [-0.3, -0.25) is 0 Å². The van der Waals surface area contributed by atoms with Crippen molar-refractivity contribution < 1.29 is 19.0 Å². The van der Waals surface area contributed by atoms with E-state index in [-0.39, 0.29) is 5.82 Å². The molecule has 0 bridgehead atoms. The van der Waals surface area contributed by atoms with Gasteiger partial charge >= 0.3 is 5.97 Å². The van der Waals surface area contributed by atoms with E-state index < -0.39 is 5.97 Å². The Balaban J connectivity index is 2.34. The quantitative estimate of drug-likeness (QED) is 0.834. The molecule has 0 saturated heterocycles. The lowest BCUT2D eigenvalue weighted by atomic mass is 10.2. The highest BCUT2D eigenvalue weighted by molar-refractivity contribution is 6.30. The second-order valence-corrected chi connectivity index (χ2v) is 4.80. The van der Waals surface area contributed by atoms with Crippen molar-refractivity contribution in [2.45, 2.75) is 6.92 Å². The number of ether oxygens (including phenoxy) is 1. The highest BCUT2D eigenvalue weighted by Gasteiger charge is 2.06. The molecule has 2 aromatic carbocycles.